The van der Waals surface area contributed by atoms with Crippen LogP contribution in [0.2, 0.25) is 0 Å². The van der Waals surface area contributed by atoms with Gasteiger partial charge in [-0.15, -0.1) is 0 Å². The van der Waals surface area contributed by atoms with Gasteiger partial charge >= 0.3 is 0 Å². The second-order valence-corrected chi connectivity index (χ2v) is 13.3. The number of piperidine rings is 1. The highest BCUT2D eigenvalue weighted by molar-refractivity contribution is 5.75. The first kappa shape index (κ1) is 34.8. The molecule has 1 aliphatic heterocycles. The third-order valence-electron chi connectivity index (χ3n) is 9.88. The molecule has 5 rings (SSSR count). The van der Waals surface area contributed by atoms with Gasteiger partial charge in [0.15, 0.2) is 0 Å². The van der Waals surface area contributed by atoms with Crippen LogP contribution in [0.1, 0.15) is 80.6 Å². The normalized spacial score (nSPS) is 19.3. The van der Waals surface area contributed by atoms with Gasteiger partial charge in [0.25, 0.3) is 10.9 Å². The largest absolute Gasteiger partial charge is 0.390 e. The van der Waals surface area contributed by atoms with E-state index in [1.165, 1.54) is 19.3 Å². The number of nitriles is 1. The SMILES string of the molecule is COCCCOC(c1ccccc1)C1CCCN(c2c(N[C@@H](CC3CCCCC3)[C@@H](O)CNCc3ccc(C#N)cc3)c(=O)c2=O)C1. The summed E-state index contributed by atoms with van der Waals surface area (Å²) in [6.45, 7) is 3.41. The average Bonchev–Trinajstić information content (AvgIpc) is 3.12. The highest BCUT2D eigenvalue weighted by atomic mass is 16.5. The number of rotatable bonds is 17. The van der Waals surface area contributed by atoms with E-state index in [1.807, 2.05) is 30.3 Å². The zero-order chi connectivity index (χ0) is 33.0. The lowest BCUT2D eigenvalue weighted by atomic mass is 9.83. The molecule has 3 aromatic rings. The van der Waals surface area contributed by atoms with Gasteiger partial charge in [-0.05, 0) is 54.9 Å². The molecule has 9 nitrogen and oxygen atoms in total. The Labute approximate surface area is 278 Å². The van der Waals surface area contributed by atoms with Crippen molar-refractivity contribution in [1.82, 2.24) is 5.32 Å². The highest BCUT2D eigenvalue weighted by Gasteiger charge is 2.35. The summed E-state index contributed by atoms with van der Waals surface area (Å²) < 4.78 is 11.7. The Morgan fingerprint density at radius 1 is 0.979 bits per heavy atom. The first-order chi connectivity index (χ1) is 23.0. The summed E-state index contributed by atoms with van der Waals surface area (Å²) in [7, 11) is 1.69. The van der Waals surface area contributed by atoms with Crippen molar-refractivity contribution in [3.05, 3.63) is 91.7 Å². The molecule has 2 fully saturated rings. The second-order valence-electron chi connectivity index (χ2n) is 13.3. The molecule has 0 amide bonds. The number of benzene rings is 2. The molecule has 47 heavy (non-hydrogen) atoms. The lowest BCUT2D eigenvalue weighted by molar-refractivity contribution is -0.00235. The smallest absolute Gasteiger partial charge is 0.253 e. The first-order valence-electron chi connectivity index (χ1n) is 17.4. The van der Waals surface area contributed by atoms with E-state index in [1.54, 1.807) is 19.2 Å². The third kappa shape index (κ3) is 9.29. The maximum atomic E-state index is 13.1. The minimum atomic E-state index is -0.760. The van der Waals surface area contributed by atoms with Crippen LogP contribution < -0.4 is 26.4 Å². The van der Waals surface area contributed by atoms with Gasteiger partial charge < -0.3 is 30.1 Å². The van der Waals surface area contributed by atoms with Crippen LogP contribution in [0.4, 0.5) is 11.4 Å². The molecular weight excluding hydrogens is 592 g/mol. The molecular formula is C38H50N4O5. The van der Waals surface area contributed by atoms with E-state index in [9.17, 15) is 14.7 Å². The third-order valence-corrected chi connectivity index (χ3v) is 9.88. The highest BCUT2D eigenvalue weighted by Crippen LogP contribution is 2.36. The van der Waals surface area contributed by atoms with Crippen molar-refractivity contribution >= 4 is 11.4 Å². The van der Waals surface area contributed by atoms with Crippen LogP contribution in [0.15, 0.2) is 64.2 Å². The molecule has 9 heteroatoms. The van der Waals surface area contributed by atoms with Gasteiger partial charge in [0.1, 0.15) is 11.4 Å². The van der Waals surface area contributed by atoms with Crippen molar-refractivity contribution in [3.63, 3.8) is 0 Å². The zero-order valence-corrected chi connectivity index (χ0v) is 27.7. The minimum Gasteiger partial charge on any atom is -0.390 e. The number of aliphatic hydroxyl groups excluding tert-OH is 1. The standard InChI is InChI=1S/C38H50N4O5/c1-46-20-9-21-47-38(30-12-6-3-7-13-30)31-14-8-19-42(26-31)35-34(36(44)37(35)45)41-32(22-27-10-4-2-5-11-27)33(43)25-40-24-29-17-15-28(23-39)16-18-29/h3,6-7,12-13,15-18,27,31-33,38,40-41,43H,2,4-5,8-11,14,19-22,24-26H2,1H3/t31?,32-,33-,38?/m0/s1. The molecule has 0 bridgehead atoms. The van der Waals surface area contributed by atoms with E-state index in [-0.39, 0.29) is 18.1 Å². The molecule has 0 aromatic heterocycles. The number of hydrogen-bond acceptors (Lipinski definition) is 9. The number of hydrogen-bond donors (Lipinski definition) is 3. The predicted octanol–water partition coefficient (Wildman–Crippen LogP) is 5.07. The fourth-order valence-corrected chi connectivity index (χ4v) is 7.32. The minimum absolute atomic E-state index is 0.123. The van der Waals surface area contributed by atoms with Gasteiger partial charge in [-0.3, -0.25) is 9.59 Å². The first-order valence-corrected chi connectivity index (χ1v) is 17.4. The van der Waals surface area contributed by atoms with Crippen LogP contribution in [0, 0.1) is 23.2 Å². The van der Waals surface area contributed by atoms with E-state index in [0.29, 0.717) is 62.2 Å². The molecule has 0 radical (unpaired) electrons. The van der Waals surface area contributed by atoms with Gasteiger partial charge in [0, 0.05) is 52.4 Å². The van der Waals surface area contributed by atoms with Crippen molar-refractivity contribution in [2.24, 2.45) is 11.8 Å². The van der Waals surface area contributed by atoms with E-state index >= 15 is 0 Å². The van der Waals surface area contributed by atoms with Gasteiger partial charge in [-0.1, -0.05) is 74.6 Å². The summed E-state index contributed by atoms with van der Waals surface area (Å²) >= 11 is 0. The lowest BCUT2D eigenvalue weighted by Gasteiger charge is -2.40. The summed E-state index contributed by atoms with van der Waals surface area (Å²) in [5.41, 5.74) is 2.61. The Morgan fingerprint density at radius 3 is 2.47 bits per heavy atom. The molecule has 1 heterocycles. The molecule has 0 spiro atoms. The molecule has 1 saturated carbocycles. The van der Waals surface area contributed by atoms with Crippen LogP contribution in [-0.4, -0.2) is 57.2 Å². The monoisotopic (exact) mass is 642 g/mol. The van der Waals surface area contributed by atoms with E-state index in [0.717, 1.165) is 49.7 Å². The van der Waals surface area contributed by atoms with Gasteiger partial charge in [0.05, 0.1) is 29.9 Å². The van der Waals surface area contributed by atoms with Crippen molar-refractivity contribution < 1.29 is 14.6 Å². The molecule has 1 saturated heterocycles. The van der Waals surface area contributed by atoms with Gasteiger partial charge in [-0.2, -0.15) is 5.26 Å². The maximum absolute atomic E-state index is 13.1. The summed E-state index contributed by atoms with van der Waals surface area (Å²) in [5, 5.41) is 27.3. The molecule has 252 valence electrons. The number of nitrogens with zero attached hydrogens (tertiary/aromatic N) is 2. The Kier molecular flexibility index (Phi) is 13.0. The predicted molar refractivity (Wildman–Crippen MR) is 185 cm³/mol. The fraction of sp³-hybridized carbons (Fsp3) is 0.553. The Morgan fingerprint density at radius 2 is 1.74 bits per heavy atom. The van der Waals surface area contributed by atoms with E-state index < -0.39 is 17.0 Å². The fourth-order valence-electron chi connectivity index (χ4n) is 7.32. The van der Waals surface area contributed by atoms with E-state index in [2.05, 4.69) is 33.7 Å². The topological polar surface area (TPSA) is 124 Å². The number of ether oxygens (including phenoxy) is 2. The number of nitrogens with one attached hydrogen (secondary N) is 2. The summed E-state index contributed by atoms with van der Waals surface area (Å²) in [6.07, 6.45) is 8.34. The summed E-state index contributed by atoms with van der Waals surface area (Å²) in [4.78, 5) is 28.3. The zero-order valence-electron chi connectivity index (χ0n) is 27.7. The molecule has 1 aliphatic carbocycles. The number of methoxy groups -OCH3 is 1. The van der Waals surface area contributed by atoms with Crippen LogP contribution in [0.25, 0.3) is 0 Å². The molecule has 4 atom stereocenters. The van der Waals surface area contributed by atoms with E-state index in [4.69, 9.17) is 14.7 Å². The summed E-state index contributed by atoms with van der Waals surface area (Å²) in [6, 6.07) is 19.4. The average molecular weight is 643 g/mol. The molecule has 2 aliphatic rings. The van der Waals surface area contributed by atoms with Crippen LogP contribution in [-0.2, 0) is 16.0 Å². The lowest BCUT2D eigenvalue weighted by Crippen LogP contribution is -2.50. The van der Waals surface area contributed by atoms with Crippen molar-refractivity contribution in [3.8, 4) is 6.07 Å². The van der Waals surface area contributed by atoms with Crippen LogP contribution in [0.5, 0.6) is 0 Å². The summed E-state index contributed by atoms with van der Waals surface area (Å²) in [5.74, 6) is 0.617. The Hall–Kier alpha value is -3.55. The molecule has 3 aromatic carbocycles. The quantitative estimate of drug-likeness (QED) is 0.137. The van der Waals surface area contributed by atoms with Crippen molar-refractivity contribution in [2.75, 3.05) is 50.2 Å². The molecule has 2 unspecified atom stereocenters. The van der Waals surface area contributed by atoms with Gasteiger partial charge in [-0.25, -0.2) is 0 Å². The maximum Gasteiger partial charge on any atom is 0.253 e. The number of aliphatic hydroxyl groups is 1. The van der Waals surface area contributed by atoms with Crippen LogP contribution in [0.3, 0.4) is 0 Å². The molecule has 3 N–H and O–H groups in total. The second kappa shape index (κ2) is 17.6. The van der Waals surface area contributed by atoms with Crippen LogP contribution >= 0.6 is 0 Å². The Bertz CT molecular complexity index is 1490. The van der Waals surface area contributed by atoms with Gasteiger partial charge in [0.2, 0.25) is 0 Å². The van der Waals surface area contributed by atoms with Crippen molar-refractivity contribution in [1.29, 1.82) is 5.26 Å². The number of anilines is 2. The Balaban J connectivity index is 1.29. The van der Waals surface area contributed by atoms with Crippen molar-refractivity contribution in [2.45, 2.75) is 82.6 Å².